The summed E-state index contributed by atoms with van der Waals surface area (Å²) in [5, 5.41) is 20.2. The Kier molecular flexibility index (Phi) is 3.43. The molecule has 0 bridgehead atoms. The highest BCUT2D eigenvalue weighted by Gasteiger charge is 2.22. The van der Waals surface area contributed by atoms with E-state index in [0.29, 0.717) is 11.3 Å². The summed E-state index contributed by atoms with van der Waals surface area (Å²) >= 11 is 0. The third-order valence-electron chi connectivity index (χ3n) is 5.31. The molecule has 2 heterocycles. The minimum atomic E-state index is -0.839. The number of nitro benzene ring substituents is 1. The SMILES string of the molecule is O=[N+]([O-])c1ccc(-c2nc3ccc4[nH]ncc4c3c3c2CCCC3)cc1F. The predicted molar refractivity (Wildman–Crippen MR) is 100 cm³/mol. The number of aromatic amines is 1. The van der Waals surface area contributed by atoms with Gasteiger partial charge in [0.25, 0.3) is 0 Å². The molecule has 2 aromatic heterocycles. The lowest BCUT2D eigenvalue weighted by molar-refractivity contribution is -0.387. The zero-order valence-electron chi connectivity index (χ0n) is 14.3. The summed E-state index contributed by atoms with van der Waals surface area (Å²) in [5.74, 6) is -0.839. The van der Waals surface area contributed by atoms with Crippen molar-refractivity contribution in [3.8, 4) is 11.3 Å². The fourth-order valence-electron chi connectivity index (χ4n) is 4.09. The Morgan fingerprint density at radius 2 is 1.93 bits per heavy atom. The minimum absolute atomic E-state index is 0.520. The van der Waals surface area contributed by atoms with Crippen LogP contribution in [-0.4, -0.2) is 20.1 Å². The Morgan fingerprint density at radius 1 is 1.11 bits per heavy atom. The highest BCUT2D eigenvalue weighted by molar-refractivity contribution is 6.07. The number of nitro groups is 1. The molecule has 6 nitrogen and oxygen atoms in total. The summed E-state index contributed by atoms with van der Waals surface area (Å²) in [4.78, 5) is 15.0. The number of rotatable bonds is 2. The number of aryl methyl sites for hydroxylation is 1. The van der Waals surface area contributed by atoms with Crippen LogP contribution in [0.25, 0.3) is 33.1 Å². The quantitative estimate of drug-likeness (QED) is 0.414. The summed E-state index contributed by atoms with van der Waals surface area (Å²) < 4.78 is 14.2. The number of halogens is 1. The Hall–Kier alpha value is -3.35. The van der Waals surface area contributed by atoms with E-state index in [4.69, 9.17) is 4.98 Å². The lowest BCUT2D eigenvalue weighted by Gasteiger charge is -2.21. The maximum absolute atomic E-state index is 14.2. The molecule has 0 aliphatic heterocycles. The zero-order chi connectivity index (χ0) is 18.5. The van der Waals surface area contributed by atoms with Gasteiger partial charge in [-0.15, -0.1) is 0 Å². The molecule has 0 atom stereocenters. The second kappa shape index (κ2) is 5.84. The van der Waals surface area contributed by atoms with Crippen molar-refractivity contribution < 1.29 is 9.31 Å². The average Bonchev–Trinajstić information content (AvgIpc) is 3.15. The van der Waals surface area contributed by atoms with Crippen molar-refractivity contribution in [2.45, 2.75) is 25.7 Å². The van der Waals surface area contributed by atoms with Crippen molar-refractivity contribution in [2.75, 3.05) is 0 Å². The second-order valence-electron chi connectivity index (χ2n) is 6.84. The Morgan fingerprint density at radius 3 is 2.70 bits per heavy atom. The Bertz CT molecular complexity index is 1230. The molecule has 4 aromatic rings. The number of hydrogen-bond donors (Lipinski definition) is 1. The maximum atomic E-state index is 14.2. The van der Waals surface area contributed by atoms with E-state index in [2.05, 4.69) is 10.2 Å². The van der Waals surface area contributed by atoms with Crippen LogP contribution in [-0.2, 0) is 12.8 Å². The van der Waals surface area contributed by atoms with E-state index in [1.54, 1.807) is 6.07 Å². The highest BCUT2D eigenvalue weighted by Crippen LogP contribution is 2.38. The van der Waals surface area contributed by atoms with E-state index in [1.165, 1.54) is 17.7 Å². The molecule has 27 heavy (non-hydrogen) atoms. The Labute approximate surface area is 153 Å². The van der Waals surface area contributed by atoms with E-state index in [0.717, 1.165) is 53.1 Å². The van der Waals surface area contributed by atoms with Crippen molar-refractivity contribution in [1.29, 1.82) is 0 Å². The fraction of sp³-hybridized carbons (Fsp3) is 0.200. The van der Waals surface area contributed by atoms with Gasteiger partial charge in [-0.25, -0.2) is 4.98 Å². The van der Waals surface area contributed by atoms with E-state index in [1.807, 2.05) is 18.3 Å². The number of pyridine rings is 1. The van der Waals surface area contributed by atoms with Crippen LogP contribution in [0.15, 0.2) is 36.5 Å². The molecule has 5 rings (SSSR count). The normalized spacial score (nSPS) is 13.8. The van der Waals surface area contributed by atoms with Crippen LogP contribution in [0.2, 0.25) is 0 Å². The molecule has 1 aliphatic rings. The van der Waals surface area contributed by atoms with Crippen LogP contribution >= 0.6 is 0 Å². The number of benzene rings is 2. The summed E-state index contributed by atoms with van der Waals surface area (Å²) in [5.41, 5.74) is 4.90. The van der Waals surface area contributed by atoms with Gasteiger partial charge in [0.2, 0.25) is 5.82 Å². The van der Waals surface area contributed by atoms with E-state index in [9.17, 15) is 14.5 Å². The summed E-state index contributed by atoms with van der Waals surface area (Å²) in [6, 6.07) is 7.90. The van der Waals surface area contributed by atoms with Crippen LogP contribution in [0.3, 0.4) is 0 Å². The van der Waals surface area contributed by atoms with Gasteiger partial charge in [0.15, 0.2) is 0 Å². The predicted octanol–water partition coefficient (Wildman–Crippen LogP) is 4.70. The van der Waals surface area contributed by atoms with Crippen LogP contribution < -0.4 is 0 Å². The van der Waals surface area contributed by atoms with Crippen LogP contribution in [0.5, 0.6) is 0 Å². The van der Waals surface area contributed by atoms with Crippen molar-refractivity contribution in [1.82, 2.24) is 15.2 Å². The number of H-pyrrole nitrogens is 1. The first-order chi connectivity index (χ1) is 13.1. The largest absolute Gasteiger partial charge is 0.304 e. The Balaban J connectivity index is 1.82. The molecule has 134 valence electrons. The minimum Gasteiger partial charge on any atom is -0.278 e. The van der Waals surface area contributed by atoms with Gasteiger partial charge in [0.05, 0.1) is 27.8 Å². The first-order valence-corrected chi connectivity index (χ1v) is 8.85. The van der Waals surface area contributed by atoms with Crippen molar-refractivity contribution in [3.63, 3.8) is 0 Å². The van der Waals surface area contributed by atoms with Crippen molar-refractivity contribution in [3.05, 3.63) is 63.6 Å². The standard InChI is InChI=1S/C20H15FN4O2/c21-15-9-11(5-8-18(15)25(26)27)20-13-4-2-1-3-12(13)19-14-10-22-24-16(14)6-7-17(19)23-20/h5-10H,1-4H2,(H,22,24). The molecule has 0 saturated carbocycles. The molecule has 0 amide bonds. The molecule has 1 N–H and O–H groups in total. The second-order valence-corrected chi connectivity index (χ2v) is 6.84. The lowest BCUT2D eigenvalue weighted by Crippen LogP contribution is -2.08. The third-order valence-corrected chi connectivity index (χ3v) is 5.31. The zero-order valence-corrected chi connectivity index (χ0v) is 14.3. The molecule has 0 fully saturated rings. The van der Waals surface area contributed by atoms with Gasteiger partial charge in [-0.2, -0.15) is 9.49 Å². The number of hydrogen-bond acceptors (Lipinski definition) is 4. The molecular formula is C20H15FN4O2. The summed E-state index contributed by atoms with van der Waals surface area (Å²) in [7, 11) is 0. The molecular weight excluding hydrogens is 347 g/mol. The van der Waals surface area contributed by atoms with Gasteiger partial charge in [-0.3, -0.25) is 15.2 Å². The maximum Gasteiger partial charge on any atom is 0.304 e. The lowest BCUT2D eigenvalue weighted by atomic mass is 9.85. The molecule has 2 aromatic carbocycles. The molecule has 0 radical (unpaired) electrons. The number of aromatic nitrogens is 3. The van der Waals surface area contributed by atoms with E-state index in [-0.39, 0.29) is 0 Å². The van der Waals surface area contributed by atoms with E-state index >= 15 is 0 Å². The monoisotopic (exact) mass is 362 g/mol. The van der Waals surface area contributed by atoms with E-state index < -0.39 is 16.4 Å². The number of fused-ring (bicyclic) bond motifs is 5. The third kappa shape index (κ3) is 2.38. The first-order valence-electron chi connectivity index (χ1n) is 8.85. The van der Waals surface area contributed by atoms with Gasteiger partial charge < -0.3 is 0 Å². The summed E-state index contributed by atoms with van der Waals surface area (Å²) in [6.45, 7) is 0. The van der Waals surface area contributed by atoms with Crippen molar-refractivity contribution in [2.24, 2.45) is 0 Å². The van der Waals surface area contributed by atoms with Gasteiger partial charge in [-0.1, -0.05) is 0 Å². The smallest absolute Gasteiger partial charge is 0.278 e. The van der Waals surface area contributed by atoms with Gasteiger partial charge >= 0.3 is 5.69 Å². The van der Waals surface area contributed by atoms with Crippen LogP contribution in [0.4, 0.5) is 10.1 Å². The average molecular weight is 362 g/mol. The molecule has 7 heteroatoms. The van der Waals surface area contributed by atoms with Gasteiger partial charge in [-0.05, 0) is 61.1 Å². The molecule has 0 unspecified atom stereocenters. The summed E-state index contributed by atoms with van der Waals surface area (Å²) in [6.07, 6.45) is 5.75. The molecule has 0 spiro atoms. The first kappa shape index (κ1) is 15.9. The number of nitrogens with zero attached hydrogens (tertiary/aromatic N) is 3. The fourth-order valence-corrected chi connectivity index (χ4v) is 4.09. The molecule has 0 saturated heterocycles. The highest BCUT2D eigenvalue weighted by atomic mass is 19.1. The van der Waals surface area contributed by atoms with Gasteiger partial charge in [0.1, 0.15) is 0 Å². The number of nitrogens with one attached hydrogen (secondary N) is 1. The van der Waals surface area contributed by atoms with Gasteiger partial charge in [0, 0.05) is 22.4 Å². The van der Waals surface area contributed by atoms with Crippen LogP contribution in [0, 0.1) is 15.9 Å². The van der Waals surface area contributed by atoms with Crippen molar-refractivity contribution >= 4 is 27.5 Å². The molecule has 1 aliphatic carbocycles. The van der Waals surface area contributed by atoms with Crippen LogP contribution in [0.1, 0.15) is 24.0 Å². The topological polar surface area (TPSA) is 84.7 Å².